The predicted molar refractivity (Wildman–Crippen MR) is 134 cm³/mol. The van der Waals surface area contributed by atoms with Crippen LogP contribution in [0.4, 0.5) is 0 Å². The van der Waals surface area contributed by atoms with Crippen LogP contribution in [0.1, 0.15) is 25.7 Å². The molecule has 0 spiro atoms. The topological polar surface area (TPSA) is 79.3 Å². The van der Waals surface area contributed by atoms with Gasteiger partial charge in [0, 0.05) is 57.4 Å². The summed E-state index contributed by atoms with van der Waals surface area (Å²) in [5.41, 5.74) is 4.10. The number of rotatable bonds is 7. The summed E-state index contributed by atoms with van der Waals surface area (Å²) in [6.45, 7) is 4.95. The zero-order valence-electron chi connectivity index (χ0n) is 19.8. The van der Waals surface area contributed by atoms with Gasteiger partial charge in [0.2, 0.25) is 5.91 Å². The van der Waals surface area contributed by atoms with Crippen LogP contribution >= 0.6 is 0 Å². The summed E-state index contributed by atoms with van der Waals surface area (Å²) in [5.74, 6) is 1.91. The van der Waals surface area contributed by atoms with Gasteiger partial charge in [-0.15, -0.1) is 0 Å². The van der Waals surface area contributed by atoms with Crippen molar-refractivity contribution in [3.63, 3.8) is 0 Å². The highest BCUT2D eigenvalue weighted by molar-refractivity contribution is 5.78. The minimum absolute atomic E-state index is 0.350. The molecule has 180 valence electrons. The molecule has 4 heterocycles. The Bertz CT molecular complexity index is 1290. The van der Waals surface area contributed by atoms with Crippen molar-refractivity contribution < 1.29 is 9.53 Å². The number of carbonyl (C=O) groups is 1. The standard InChI is InChI=1S/C27H30N6O2/c34-27-2-1-13-33(27)21-10-14-31(15-11-21)16-17-32-19-28-25-18-23(7-8-26(25)32)35-22-5-3-20(4-6-22)24-9-12-29-30-24/h3-9,12,18-19,21H,1-2,10-11,13-17H2,(H,29,30). The summed E-state index contributed by atoms with van der Waals surface area (Å²) in [7, 11) is 0. The molecule has 1 N–H and O–H groups in total. The number of likely N-dealkylation sites (tertiary alicyclic amines) is 2. The van der Waals surface area contributed by atoms with E-state index in [4.69, 9.17) is 4.74 Å². The van der Waals surface area contributed by atoms with Crippen LogP contribution in [-0.4, -0.2) is 67.7 Å². The second-order valence-electron chi connectivity index (χ2n) is 9.45. The number of hydrogen-bond acceptors (Lipinski definition) is 5. The lowest BCUT2D eigenvalue weighted by Gasteiger charge is -2.36. The molecule has 1 amide bonds. The van der Waals surface area contributed by atoms with E-state index in [1.807, 2.05) is 48.8 Å². The average Bonchev–Trinajstić information content (AvgIpc) is 3.65. The molecule has 0 aliphatic carbocycles. The van der Waals surface area contributed by atoms with E-state index in [1.165, 1.54) is 0 Å². The molecule has 35 heavy (non-hydrogen) atoms. The van der Waals surface area contributed by atoms with Crippen molar-refractivity contribution in [3.8, 4) is 22.8 Å². The number of ether oxygens (including phenoxy) is 1. The fourth-order valence-corrected chi connectivity index (χ4v) is 5.30. The minimum atomic E-state index is 0.350. The Hall–Kier alpha value is -3.65. The van der Waals surface area contributed by atoms with Gasteiger partial charge < -0.3 is 19.1 Å². The van der Waals surface area contributed by atoms with E-state index in [9.17, 15) is 4.79 Å². The Kier molecular flexibility index (Phi) is 5.96. The number of H-pyrrole nitrogens is 1. The van der Waals surface area contributed by atoms with Crippen LogP contribution in [0.3, 0.4) is 0 Å². The molecule has 2 aromatic heterocycles. The third-order valence-electron chi connectivity index (χ3n) is 7.26. The van der Waals surface area contributed by atoms with Crippen molar-refractivity contribution in [2.75, 3.05) is 26.2 Å². The van der Waals surface area contributed by atoms with Crippen molar-refractivity contribution in [1.82, 2.24) is 29.5 Å². The van der Waals surface area contributed by atoms with Crippen molar-refractivity contribution in [3.05, 3.63) is 61.1 Å². The molecule has 8 nitrogen and oxygen atoms in total. The molecule has 2 aliphatic rings. The molecule has 0 bridgehead atoms. The summed E-state index contributed by atoms with van der Waals surface area (Å²) in [5, 5.41) is 6.97. The van der Waals surface area contributed by atoms with Gasteiger partial charge in [-0.25, -0.2) is 4.98 Å². The van der Waals surface area contributed by atoms with Crippen LogP contribution in [0.15, 0.2) is 61.1 Å². The highest BCUT2D eigenvalue weighted by Crippen LogP contribution is 2.27. The van der Waals surface area contributed by atoms with Crippen molar-refractivity contribution in [1.29, 1.82) is 0 Å². The van der Waals surface area contributed by atoms with Gasteiger partial charge in [0.05, 0.1) is 23.1 Å². The molecule has 0 radical (unpaired) electrons. The minimum Gasteiger partial charge on any atom is -0.457 e. The fourth-order valence-electron chi connectivity index (χ4n) is 5.30. The van der Waals surface area contributed by atoms with E-state index in [-0.39, 0.29) is 0 Å². The van der Waals surface area contributed by atoms with Crippen LogP contribution in [0.25, 0.3) is 22.3 Å². The lowest BCUT2D eigenvalue weighted by Crippen LogP contribution is -2.45. The first-order valence-corrected chi connectivity index (χ1v) is 12.5. The van der Waals surface area contributed by atoms with Gasteiger partial charge in [0.25, 0.3) is 0 Å². The number of piperidine rings is 1. The molecule has 0 atom stereocenters. The SMILES string of the molecule is O=C1CCCN1C1CCN(CCn2cnc3cc(Oc4ccc(-c5ccn[nH]5)cc4)ccc32)CC1. The van der Waals surface area contributed by atoms with Crippen molar-refractivity contribution in [2.45, 2.75) is 38.3 Å². The molecule has 2 fully saturated rings. The first-order valence-electron chi connectivity index (χ1n) is 12.5. The van der Waals surface area contributed by atoms with Gasteiger partial charge in [-0.3, -0.25) is 9.89 Å². The van der Waals surface area contributed by atoms with Gasteiger partial charge in [0.15, 0.2) is 0 Å². The molecule has 0 unspecified atom stereocenters. The largest absolute Gasteiger partial charge is 0.457 e. The number of amides is 1. The van der Waals surface area contributed by atoms with Gasteiger partial charge in [0.1, 0.15) is 11.5 Å². The first kappa shape index (κ1) is 21.9. The molecular formula is C27H30N6O2. The van der Waals surface area contributed by atoms with Crippen LogP contribution in [-0.2, 0) is 11.3 Å². The van der Waals surface area contributed by atoms with Crippen molar-refractivity contribution in [2.24, 2.45) is 0 Å². The van der Waals surface area contributed by atoms with Crippen molar-refractivity contribution >= 4 is 16.9 Å². The fraction of sp³-hybridized carbons (Fsp3) is 0.370. The lowest BCUT2D eigenvalue weighted by atomic mass is 10.0. The van der Waals surface area contributed by atoms with Crippen LogP contribution in [0.2, 0.25) is 0 Å². The van der Waals surface area contributed by atoms with Gasteiger partial charge in [-0.2, -0.15) is 5.10 Å². The van der Waals surface area contributed by atoms with E-state index >= 15 is 0 Å². The molecule has 2 aliphatic heterocycles. The lowest BCUT2D eigenvalue weighted by molar-refractivity contribution is -0.130. The van der Waals surface area contributed by atoms with Gasteiger partial charge >= 0.3 is 0 Å². The molecule has 2 aromatic carbocycles. The molecule has 0 saturated carbocycles. The summed E-state index contributed by atoms with van der Waals surface area (Å²) in [6.07, 6.45) is 7.59. The predicted octanol–water partition coefficient (Wildman–Crippen LogP) is 4.31. The summed E-state index contributed by atoms with van der Waals surface area (Å²) in [4.78, 5) is 21.3. The maximum Gasteiger partial charge on any atom is 0.222 e. The number of aromatic amines is 1. The Morgan fingerprint density at radius 1 is 0.971 bits per heavy atom. The van der Waals surface area contributed by atoms with Crippen LogP contribution in [0.5, 0.6) is 11.5 Å². The number of carbonyl (C=O) groups excluding carboxylic acids is 1. The van der Waals surface area contributed by atoms with Gasteiger partial charge in [-0.1, -0.05) is 0 Å². The Morgan fingerprint density at radius 2 is 1.80 bits per heavy atom. The number of nitrogens with zero attached hydrogens (tertiary/aromatic N) is 5. The van der Waals surface area contributed by atoms with Crippen LogP contribution < -0.4 is 4.74 Å². The van der Waals surface area contributed by atoms with E-state index in [0.717, 1.165) is 92.2 Å². The quantitative estimate of drug-likeness (QED) is 0.436. The molecule has 8 heteroatoms. The molecule has 2 saturated heterocycles. The Labute approximate surface area is 204 Å². The van der Waals surface area contributed by atoms with Crippen LogP contribution in [0, 0.1) is 0 Å². The Balaban J connectivity index is 1.04. The normalized spacial score (nSPS) is 17.5. The highest BCUT2D eigenvalue weighted by Gasteiger charge is 2.30. The third kappa shape index (κ3) is 4.66. The Morgan fingerprint density at radius 3 is 2.54 bits per heavy atom. The van der Waals surface area contributed by atoms with E-state index < -0.39 is 0 Å². The smallest absolute Gasteiger partial charge is 0.222 e. The number of imidazole rings is 1. The second-order valence-corrected chi connectivity index (χ2v) is 9.45. The summed E-state index contributed by atoms with van der Waals surface area (Å²) < 4.78 is 8.29. The first-order chi connectivity index (χ1) is 17.2. The molecular weight excluding hydrogens is 440 g/mol. The maximum atomic E-state index is 12.0. The highest BCUT2D eigenvalue weighted by atomic mass is 16.5. The number of aromatic nitrogens is 4. The molecule has 4 aromatic rings. The summed E-state index contributed by atoms with van der Waals surface area (Å²) in [6, 6.07) is 16.4. The summed E-state index contributed by atoms with van der Waals surface area (Å²) >= 11 is 0. The molecule has 6 rings (SSSR count). The van der Waals surface area contributed by atoms with Gasteiger partial charge in [-0.05, 0) is 67.3 Å². The van der Waals surface area contributed by atoms with E-state index in [2.05, 4.69) is 35.6 Å². The third-order valence-corrected chi connectivity index (χ3v) is 7.26. The number of nitrogens with one attached hydrogen (secondary N) is 1. The maximum absolute atomic E-state index is 12.0. The number of hydrogen-bond donors (Lipinski definition) is 1. The second kappa shape index (κ2) is 9.54. The van der Waals surface area contributed by atoms with E-state index in [0.29, 0.717) is 11.9 Å². The number of benzene rings is 2. The number of fused-ring (bicyclic) bond motifs is 1. The average molecular weight is 471 g/mol. The zero-order valence-corrected chi connectivity index (χ0v) is 19.8. The zero-order chi connectivity index (χ0) is 23.6. The van der Waals surface area contributed by atoms with E-state index in [1.54, 1.807) is 6.20 Å². The monoisotopic (exact) mass is 470 g/mol.